The maximum absolute atomic E-state index is 12.2. The van der Waals surface area contributed by atoms with Gasteiger partial charge in [-0.2, -0.15) is 0 Å². The van der Waals surface area contributed by atoms with Gasteiger partial charge in [0.2, 0.25) is 0 Å². The molecule has 0 unspecified atom stereocenters. The molecule has 3 rings (SSSR count). The van der Waals surface area contributed by atoms with Crippen LogP contribution in [0.1, 0.15) is 16.1 Å². The number of carbonyl (C=O) groups excluding carboxylic acids is 1. The van der Waals surface area contributed by atoms with Gasteiger partial charge in [0.25, 0.3) is 5.91 Å². The van der Waals surface area contributed by atoms with Crippen molar-refractivity contribution >= 4 is 40.7 Å². The predicted molar refractivity (Wildman–Crippen MR) is 98.9 cm³/mol. The average molecular weight is 396 g/mol. The van der Waals surface area contributed by atoms with E-state index in [0.29, 0.717) is 33.7 Å². The van der Waals surface area contributed by atoms with E-state index in [2.05, 4.69) is 15.6 Å². The highest BCUT2D eigenvalue weighted by atomic mass is 35.5. The average Bonchev–Trinajstić information content (AvgIpc) is 3.09. The van der Waals surface area contributed by atoms with Gasteiger partial charge in [0.05, 0.1) is 21.9 Å². The number of nitrogens with one attached hydrogen (secondary N) is 1. The first-order valence-electron chi connectivity index (χ1n) is 7.44. The van der Waals surface area contributed by atoms with E-state index >= 15 is 0 Å². The molecule has 0 fully saturated rings. The van der Waals surface area contributed by atoms with Crippen LogP contribution in [-0.2, 0) is 6.42 Å². The first kappa shape index (κ1) is 17.7. The Morgan fingerprint density at radius 3 is 2.60 bits per heavy atom. The van der Waals surface area contributed by atoms with E-state index in [4.69, 9.17) is 34.8 Å². The summed E-state index contributed by atoms with van der Waals surface area (Å²) in [6, 6.07) is 12.6. The summed E-state index contributed by atoms with van der Waals surface area (Å²) in [5.74, 6) is -0.307. The Bertz CT molecular complexity index is 910. The van der Waals surface area contributed by atoms with Crippen molar-refractivity contribution in [1.82, 2.24) is 20.3 Å². The van der Waals surface area contributed by atoms with Crippen LogP contribution in [0.5, 0.6) is 0 Å². The molecule has 128 valence electrons. The summed E-state index contributed by atoms with van der Waals surface area (Å²) in [5.41, 5.74) is 1.85. The summed E-state index contributed by atoms with van der Waals surface area (Å²) in [6.07, 6.45) is 2.16. The molecule has 1 heterocycles. The van der Waals surface area contributed by atoms with Gasteiger partial charge in [-0.05, 0) is 36.2 Å². The van der Waals surface area contributed by atoms with E-state index < -0.39 is 0 Å². The quantitative estimate of drug-likeness (QED) is 0.704. The molecule has 5 nitrogen and oxygen atoms in total. The first-order valence-corrected chi connectivity index (χ1v) is 8.57. The van der Waals surface area contributed by atoms with Gasteiger partial charge in [0.15, 0.2) is 5.69 Å². The Morgan fingerprint density at radius 2 is 1.84 bits per heavy atom. The lowest BCUT2D eigenvalue weighted by Gasteiger charge is -2.05. The lowest BCUT2D eigenvalue weighted by atomic mass is 10.1. The fourth-order valence-corrected chi connectivity index (χ4v) is 2.75. The van der Waals surface area contributed by atoms with Crippen molar-refractivity contribution in [2.45, 2.75) is 6.42 Å². The standard InChI is InChI=1S/C17H13Cl3N4O/c18-13-4-2-1-3-11(13)7-8-21-17(25)16-10-24(23-22-16)12-5-6-14(19)15(20)9-12/h1-6,9-10H,7-8H2,(H,21,25). The molecule has 0 aliphatic heterocycles. The molecule has 3 aromatic rings. The van der Waals surface area contributed by atoms with Crippen molar-refractivity contribution < 1.29 is 4.79 Å². The number of halogens is 3. The fraction of sp³-hybridized carbons (Fsp3) is 0.118. The van der Waals surface area contributed by atoms with E-state index in [1.165, 1.54) is 10.9 Å². The molecule has 0 spiro atoms. The lowest BCUT2D eigenvalue weighted by molar-refractivity contribution is 0.0949. The number of hydrogen-bond donors (Lipinski definition) is 1. The van der Waals surface area contributed by atoms with Crippen molar-refractivity contribution in [3.8, 4) is 5.69 Å². The number of hydrogen-bond acceptors (Lipinski definition) is 3. The van der Waals surface area contributed by atoms with Crippen molar-refractivity contribution in [2.75, 3.05) is 6.54 Å². The van der Waals surface area contributed by atoms with E-state index in [0.717, 1.165) is 5.56 Å². The smallest absolute Gasteiger partial charge is 0.273 e. The molecule has 1 aromatic heterocycles. The molecular weight excluding hydrogens is 383 g/mol. The number of aromatic nitrogens is 3. The Morgan fingerprint density at radius 1 is 1.04 bits per heavy atom. The monoisotopic (exact) mass is 394 g/mol. The van der Waals surface area contributed by atoms with Crippen LogP contribution in [-0.4, -0.2) is 27.4 Å². The summed E-state index contributed by atoms with van der Waals surface area (Å²) < 4.78 is 1.46. The van der Waals surface area contributed by atoms with Gasteiger partial charge in [0.1, 0.15) is 0 Å². The highest BCUT2D eigenvalue weighted by molar-refractivity contribution is 6.42. The number of benzene rings is 2. The zero-order valence-electron chi connectivity index (χ0n) is 12.9. The van der Waals surface area contributed by atoms with E-state index in [1.807, 2.05) is 24.3 Å². The molecule has 8 heteroatoms. The van der Waals surface area contributed by atoms with Crippen LogP contribution in [0.15, 0.2) is 48.7 Å². The van der Waals surface area contributed by atoms with Gasteiger partial charge in [0, 0.05) is 11.6 Å². The van der Waals surface area contributed by atoms with Crippen LogP contribution in [0.25, 0.3) is 5.69 Å². The molecule has 2 aromatic carbocycles. The summed E-state index contributed by atoms with van der Waals surface area (Å²) >= 11 is 18.0. The van der Waals surface area contributed by atoms with Crippen LogP contribution >= 0.6 is 34.8 Å². The number of carbonyl (C=O) groups is 1. The Balaban J connectivity index is 1.62. The number of rotatable bonds is 5. The third-order valence-electron chi connectivity index (χ3n) is 3.53. The first-order chi connectivity index (χ1) is 12.0. The van der Waals surface area contributed by atoms with Gasteiger partial charge < -0.3 is 5.32 Å². The van der Waals surface area contributed by atoms with Gasteiger partial charge in [-0.15, -0.1) is 5.10 Å². The molecule has 0 saturated carbocycles. The van der Waals surface area contributed by atoms with Crippen LogP contribution in [0, 0.1) is 0 Å². The zero-order valence-corrected chi connectivity index (χ0v) is 15.2. The molecule has 0 bridgehead atoms. The molecule has 0 aliphatic rings. The molecular formula is C17H13Cl3N4O. The van der Waals surface area contributed by atoms with Crippen molar-refractivity contribution in [2.24, 2.45) is 0 Å². The maximum atomic E-state index is 12.2. The SMILES string of the molecule is O=C(NCCc1ccccc1Cl)c1cn(-c2ccc(Cl)c(Cl)c2)nn1. The molecule has 1 N–H and O–H groups in total. The van der Waals surface area contributed by atoms with Gasteiger partial charge in [-0.25, -0.2) is 4.68 Å². The van der Waals surface area contributed by atoms with E-state index in [9.17, 15) is 4.79 Å². The number of nitrogens with zero attached hydrogens (tertiary/aromatic N) is 3. The number of amides is 1. The maximum Gasteiger partial charge on any atom is 0.273 e. The second kappa shape index (κ2) is 7.87. The van der Waals surface area contributed by atoms with E-state index in [-0.39, 0.29) is 11.6 Å². The summed E-state index contributed by atoms with van der Waals surface area (Å²) in [7, 11) is 0. The molecule has 0 aliphatic carbocycles. The summed E-state index contributed by atoms with van der Waals surface area (Å²) in [4.78, 5) is 12.2. The predicted octanol–water partition coefficient (Wildman–Crippen LogP) is 4.20. The molecule has 0 radical (unpaired) electrons. The molecule has 0 atom stereocenters. The highest BCUT2D eigenvalue weighted by Crippen LogP contribution is 2.24. The minimum Gasteiger partial charge on any atom is -0.350 e. The van der Waals surface area contributed by atoms with Gasteiger partial charge in [-0.3, -0.25) is 4.79 Å². The van der Waals surface area contributed by atoms with Crippen LogP contribution in [0.3, 0.4) is 0 Å². The third kappa shape index (κ3) is 4.31. The zero-order chi connectivity index (χ0) is 17.8. The third-order valence-corrected chi connectivity index (χ3v) is 4.64. The van der Waals surface area contributed by atoms with Gasteiger partial charge in [-0.1, -0.05) is 58.2 Å². The normalized spacial score (nSPS) is 10.7. The second-order valence-corrected chi connectivity index (χ2v) is 6.47. The van der Waals surface area contributed by atoms with Crippen molar-refractivity contribution in [1.29, 1.82) is 0 Å². The van der Waals surface area contributed by atoms with Crippen molar-refractivity contribution in [3.63, 3.8) is 0 Å². The molecule has 0 saturated heterocycles. The summed E-state index contributed by atoms with van der Waals surface area (Å²) in [6.45, 7) is 0.447. The van der Waals surface area contributed by atoms with Gasteiger partial charge >= 0.3 is 0 Å². The van der Waals surface area contributed by atoms with E-state index in [1.54, 1.807) is 18.2 Å². The topological polar surface area (TPSA) is 59.8 Å². The minimum atomic E-state index is -0.307. The summed E-state index contributed by atoms with van der Waals surface area (Å²) in [5, 5.41) is 12.2. The van der Waals surface area contributed by atoms with Crippen LogP contribution < -0.4 is 5.32 Å². The second-order valence-electron chi connectivity index (χ2n) is 5.24. The molecule has 1 amide bonds. The lowest BCUT2D eigenvalue weighted by Crippen LogP contribution is -2.26. The Hall–Kier alpha value is -2.08. The van der Waals surface area contributed by atoms with Crippen molar-refractivity contribution in [3.05, 3.63) is 75.0 Å². The minimum absolute atomic E-state index is 0.213. The Labute approximate surface area is 159 Å². The van der Waals surface area contributed by atoms with Crippen LogP contribution in [0.4, 0.5) is 0 Å². The Kier molecular flexibility index (Phi) is 5.58. The highest BCUT2D eigenvalue weighted by Gasteiger charge is 2.12. The largest absolute Gasteiger partial charge is 0.350 e. The fourth-order valence-electron chi connectivity index (χ4n) is 2.22. The van der Waals surface area contributed by atoms with Crippen LogP contribution in [0.2, 0.25) is 15.1 Å². The molecule has 25 heavy (non-hydrogen) atoms.